The van der Waals surface area contributed by atoms with Crippen molar-refractivity contribution in [1.29, 1.82) is 0 Å². The van der Waals surface area contributed by atoms with Crippen molar-refractivity contribution in [3.05, 3.63) is 0 Å². The topological polar surface area (TPSA) is 267 Å². The molecule has 0 aromatic heterocycles. The molecule has 4 unspecified atom stereocenters. The third kappa shape index (κ3) is 15.0. The summed E-state index contributed by atoms with van der Waals surface area (Å²) in [5, 5.41) is 17.3. The number of nitrogens with two attached hydrogens (primary N) is 5. The van der Waals surface area contributed by atoms with Gasteiger partial charge in [0.05, 0.1) is 6.04 Å². The molecule has 214 valence electrons. The van der Waals surface area contributed by atoms with Crippen molar-refractivity contribution in [3.8, 4) is 0 Å². The second kappa shape index (κ2) is 19.2. The number of guanidine groups is 1. The van der Waals surface area contributed by atoms with E-state index in [4.69, 9.17) is 28.7 Å². The first-order chi connectivity index (χ1) is 17.4. The lowest BCUT2D eigenvalue weighted by atomic mass is 10.0. The van der Waals surface area contributed by atoms with Crippen molar-refractivity contribution in [2.75, 3.05) is 19.6 Å². The predicted molar refractivity (Wildman–Crippen MR) is 142 cm³/mol. The Balaban J connectivity index is 5.32. The van der Waals surface area contributed by atoms with Gasteiger partial charge in [0.25, 0.3) is 0 Å². The van der Waals surface area contributed by atoms with Crippen molar-refractivity contribution in [2.45, 2.75) is 89.4 Å². The molecule has 0 aromatic carbocycles. The monoisotopic (exact) mass is 529 g/mol. The van der Waals surface area contributed by atoms with Gasteiger partial charge in [0.2, 0.25) is 17.7 Å². The number of nitrogens with zero attached hydrogens (tertiary/aromatic N) is 1. The highest BCUT2D eigenvalue weighted by molar-refractivity contribution is 5.94. The zero-order chi connectivity index (χ0) is 28.4. The van der Waals surface area contributed by atoms with E-state index in [0.29, 0.717) is 58.2 Å². The van der Waals surface area contributed by atoms with Crippen molar-refractivity contribution in [1.82, 2.24) is 16.0 Å². The molecule has 0 radical (unpaired) electrons. The smallest absolute Gasteiger partial charge is 0.326 e. The average molecular weight is 530 g/mol. The summed E-state index contributed by atoms with van der Waals surface area (Å²) in [4.78, 5) is 54.1. The van der Waals surface area contributed by atoms with Crippen LogP contribution in [0.15, 0.2) is 4.99 Å². The van der Waals surface area contributed by atoms with Gasteiger partial charge in [-0.05, 0) is 70.4 Å². The van der Waals surface area contributed by atoms with E-state index in [1.807, 2.05) is 0 Å². The van der Waals surface area contributed by atoms with E-state index in [0.717, 1.165) is 0 Å². The van der Waals surface area contributed by atoms with Crippen molar-refractivity contribution >= 4 is 29.7 Å². The number of carbonyl (C=O) groups is 4. The molecule has 0 saturated carbocycles. The molecule has 0 fully saturated rings. The SMILES string of the molecule is CC(C)C(NC(=O)C(N)CCCN=C(N)N)C(=O)NC(CCCCN)C(=O)NC(CCCCN)C(=O)O. The first-order valence-corrected chi connectivity index (χ1v) is 12.8. The summed E-state index contributed by atoms with van der Waals surface area (Å²) < 4.78 is 0. The summed E-state index contributed by atoms with van der Waals surface area (Å²) >= 11 is 0. The van der Waals surface area contributed by atoms with E-state index in [2.05, 4.69) is 20.9 Å². The van der Waals surface area contributed by atoms with Crippen LogP contribution in [-0.4, -0.2) is 78.6 Å². The Morgan fingerprint density at radius 2 is 1.30 bits per heavy atom. The lowest BCUT2D eigenvalue weighted by Gasteiger charge is -2.27. The Morgan fingerprint density at radius 1 is 0.757 bits per heavy atom. The van der Waals surface area contributed by atoms with Crippen LogP contribution < -0.4 is 44.6 Å². The van der Waals surface area contributed by atoms with Crippen molar-refractivity contribution in [3.63, 3.8) is 0 Å². The van der Waals surface area contributed by atoms with Gasteiger partial charge >= 0.3 is 5.97 Å². The number of carboxylic acid groups (broad SMARTS) is 1. The van der Waals surface area contributed by atoms with Crippen LogP contribution >= 0.6 is 0 Å². The molecule has 3 amide bonds. The molecule has 0 aromatic rings. The molecular formula is C23H47N9O5. The van der Waals surface area contributed by atoms with Gasteiger partial charge in [-0.2, -0.15) is 0 Å². The Bertz CT molecular complexity index is 744. The number of aliphatic carboxylic acids is 1. The summed E-state index contributed by atoms with van der Waals surface area (Å²) in [5.74, 6) is -3.24. The van der Waals surface area contributed by atoms with Gasteiger partial charge in [-0.15, -0.1) is 0 Å². The molecule has 0 aliphatic carbocycles. The number of nitrogens with one attached hydrogen (secondary N) is 3. The highest BCUT2D eigenvalue weighted by atomic mass is 16.4. The highest BCUT2D eigenvalue weighted by Crippen LogP contribution is 2.08. The third-order valence-corrected chi connectivity index (χ3v) is 5.69. The first kappa shape index (κ1) is 34.0. The maximum atomic E-state index is 13.1. The van der Waals surface area contributed by atoms with Crippen LogP contribution in [0.1, 0.15) is 65.2 Å². The molecule has 14 nitrogen and oxygen atoms in total. The molecule has 4 atom stereocenters. The van der Waals surface area contributed by atoms with Gasteiger partial charge in [0.15, 0.2) is 5.96 Å². The van der Waals surface area contributed by atoms with Crippen LogP contribution in [-0.2, 0) is 19.2 Å². The summed E-state index contributed by atoms with van der Waals surface area (Å²) in [5.41, 5.74) is 27.5. The fourth-order valence-electron chi connectivity index (χ4n) is 3.49. The first-order valence-electron chi connectivity index (χ1n) is 12.8. The fourth-order valence-corrected chi connectivity index (χ4v) is 3.49. The van der Waals surface area contributed by atoms with Gasteiger partial charge in [-0.3, -0.25) is 19.4 Å². The highest BCUT2D eigenvalue weighted by Gasteiger charge is 2.31. The number of amides is 3. The van der Waals surface area contributed by atoms with E-state index >= 15 is 0 Å². The minimum absolute atomic E-state index is 0.0511. The normalized spacial score (nSPS) is 14.2. The molecule has 37 heavy (non-hydrogen) atoms. The van der Waals surface area contributed by atoms with Crippen LogP contribution in [0.5, 0.6) is 0 Å². The Morgan fingerprint density at radius 3 is 1.78 bits per heavy atom. The number of hydrogen-bond acceptors (Lipinski definition) is 8. The maximum absolute atomic E-state index is 13.1. The summed E-state index contributed by atoms with van der Waals surface area (Å²) in [6, 6.07) is -3.94. The maximum Gasteiger partial charge on any atom is 0.326 e. The van der Waals surface area contributed by atoms with Gasteiger partial charge in [-0.1, -0.05) is 13.8 Å². The predicted octanol–water partition coefficient (Wildman–Crippen LogP) is -2.18. The number of rotatable bonds is 20. The quantitative estimate of drug-likeness (QED) is 0.0467. The summed E-state index contributed by atoms with van der Waals surface area (Å²) in [7, 11) is 0. The second-order valence-corrected chi connectivity index (χ2v) is 9.32. The molecule has 0 saturated heterocycles. The Labute approximate surface area is 218 Å². The van der Waals surface area contributed by atoms with Crippen LogP contribution in [0.4, 0.5) is 0 Å². The minimum atomic E-state index is -1.17. The molecule has 14 heteroatoms. The van der Waals surface area contributed by atoms with Gasteiger partial charge in [-0.25, -0.2) is 4.79 Å². The Hall–Kier alpha value is -2.97. The van der Waals surface area contributed by atoms with Crippen LogP contribution in [0.3, 0.4) is 0 Å². The molecule has 14 N–H and O–H groups in total. The molecule has 0 spiro atoms. The molecule has 0 heterocycles. The second-order valence-electron chi connectivity index (χ2n) is 9.32. The number of aliphatic imine (C=N–C) groups is 1. The largest absolute Gasteiger partial charge is 0.480 e. The molecular weight excluding hydrogens is 482 g/mol. The van der Waals surface area contributed by atoms with Crippen LogP contribution in [0.2, 0.25) is 0 Å². The molecule has 0 aliphatic heterocycles. The fraction of sp³-hybridized carbons (Fsp3) is 0.783. The number of carboxylic acids is 1. The molecule has 0 rings (SSSR count). The van der Waals surface area contributed by atoms with E-state index < -0.39 is 47.9 Å². The zero-order valence-electron chi connectivity index (χ0n) is 22.1. The number of unbranched alkanes of at least 4 members (excludes halogenated alkanes) is 2. The average Bonchev–Trinajstić information content (AvgIpc) is 2.83. The Kier molecular flexibility index (Phi) is 17.6. The standard InChI is InChI=1S/C23H47N9O5/c1-14(2)18(32-19(33)15(26)8-7-13-29-23(27)28)21(35)30-16(9-3-5-11-24)20(34)31-17(22(36)37)10-4-6-12-25/h14-18H,3-13,24-26H2,1-2H3,(H,30,35)(H,31,34)(H,32,33)(H,36,37)(H4,27,28,29). The van der Waals surface area contributed by atoms with E-state index in [1.165, 1.54) is 0 Å². The van der Waals surface area contributed by atoms with Gasteiger partial charge in [0.1, 0.15) is 18.1 Å². The van der Waals surface area contributed by atoms with Crippen molar-refractivity contribution in [2.24, 2.45) is 39.6 Å². The van der Waals surface area contributed by atoms with Crippen LogP contribution in [0.25, 0.3) is 0 Å². The van der Waals surface area contributed by atoms with Gasteiger partial charge in [0, 0.05) is 6.54 Å². The van der Waals surface area contributed by atoms with E-state index in [-0.39, 0.29) is 24.7 Å². The summed E-state index contributed by atoms with van der Waals surface area (Å²) in [6.45, 7) is 4.64. The molecule has 0 aliphatic rings. The van der Waals surface area contributed by atoms with Crippen LogP contribution in [0, 0.1) is 5.92 Å². The van der Waals surface area contributed by atoms with E-state index in [9.17, 15) is 24.3 Å². The van der Waals surface area contributed by atoms with E-state index in [1.54, 1.807) is 13.8 Å². The summed E-state index contributed by atoms with van der Waals surface area (Å²) in [6.07, 6.45) is 3.58. The third-order valence-electron chi connectivity index (χ3n) is 5.69. The number of hydrogen-bond donors (Lipinski definition) is 9. The zero-order valence-corrected chi connectivity index (χ0v) is 22.1. The minimum Gasteiger partial charge on any atom is -0.480 e. The number of carbonyl (C=O) groups excluding carboxylic acids is 3. The molecule has 0 bridgehead atoms. The van der Waals surface area contributed by atoms with Gasteiger partial charge < -0.3 is 49.7 Å². The lowest BCUT2D eigenvalue weighted by Crippen LogP contribution is -2.58. The lowest BCUT2D eigenvalue weighted by molar-refractivity contribution is -0.142. The van der Waals surface area contributed by atoms with Crippen molar-refractivity contribution < 1.29 is 24.3 Å².